The first kappa shape index (κ1) is 16.0. The topological polar surface area (TPSA) is 109 Å². The fraction of sp³-hybridized carbons (Fsp3) is 0.375. The van der Waals surface area contributed by atoms with E-state index < -0.39 is 5.97 Å². The van der Waals surface area contributed by atoms with Gasteiger partial charge in [-0.15, -0.1) is 0 Å². The summed E-state index contributed by atoms with van der Waals surface area (Å²) in [6.45, 7) is 1.69. The first-order chi connectivity index (χ1) is 11.6. The number of nitrogens with one attached hydrogen (secondary N) is 1. The number of aromatic carboxylic acids is 1. The Kier molecular flexibility index (Phi) is 4.74. The van der Waals surface area contributed by atoms with Crippen LogP contribution in [-0.4, -0.2) is 40.0 Å². The molecule has 2 aromatic rings. The molecule has 24 heavy (non-hydrogen) atoms. The lowest BCUT2D eigenvalue weighted by Crippen LogP contribution is -2.40. The SMILES string of the molecule is O=C(O)c1ccc(CNC(=O)C2CCN(c3cnccn3)CC2)o1. The highest BCUT2D eigenvalue weighted by molar-refractivity contribution is 5.84. The minimum Gasteiger partial charge on any atom is -0.475 e. The van der Waals surface area contributed by atoms with Crippen LogP contribution < -0.4 is 10.2 Å². The fourth-order valence-electron chi connectivity index (χ4n) is 2.73. The van der Waals surface area contributed by atoms with E-state index in [0.717, 1.165) is 31.7 Å². The van der Waals surface area contributed by atoms with Gasteiger partial charge in [0, 0.05) is 31.4 Å². The fourth-order valence-corrected chi connectivity index (χ4v) is 2.73. The van der Waals surface area contributed by atoms with Crippen LogP contribution in [0.5, 0.6) is 0 Å². The van der Waals surface area contributed by atoms with Crippen molar-refractivity contribution in [3.05, 3.63) is 42.2 Å². The van der Waals surface area contributed by atoms with Crippen molar-refractivity contribution in [2.45, 2.75) is 19.4 Å². The van der Waals surface area contributed by atoms with Crippen molar-refractivity contribution in [2.24, 2.45) is 5.92 Å². The number of anilines is 1. The van der Waals surface area contributed by atoms with Crippen LogP contribution in [0.4, 0.5) is 5.82 Å². The summed E-state index contributed by atoms with van der Waals surface area (Å²) in [7, 11) is 0. The molecule has 1 aliphatic heterocycles. The van der Waals surface area contributed by atoms with Gasteiger partial charge in [-0.3, -0.25) is 9.78 Å². The van der Waals surface area contributed by atoms with Gasteiger partial charge in [-0.05, 0) is 25.0 Å². The largest absolute Gasteiger partial charge is 0.475 e. The Morgan fingerprint density at radius 3 is 2.71 bits per heavy atom. The van der Waals surface area contributed by atoms with Gasteiger partial charge in [0.1, 0.15) is 11.6 Å². The summed E-state index contributed by atoms with van der Waals surface area (Å²) >= 11 is 0. The molecule has 1 fully saturated rings. The third kappa shape index (κ3) is 3.70. The maximum atomic E-state index is 12.2. The number of furan rings is 1. The molecule has 0 spiro atoms. The van der Waals surface area contributed by atoms with Gasteiger partial charge < -0.3 is 19.7 Å². The minimum atomic E-state index is -1.12. The van der Waals surface area contributed by atoms with Crippen molar-refractivity contribution in [3.63, 3.8) is 0 Å². The van der Waals surface area contributed by atoms with Gasteiger partial charge in [0.25, 0.3) is 0 Å². The van der Waals surface area contributed by atoms with E-state index in [1.54, 1.807) is 24.7 Å². The number of nitrogens with zero attached hydrogens (tertiary/aromatic N) is 3. The number of hydrogen-bond donors (Lipinski definition) is 2. The summed E-state index contributed by atoms with van der Waals surface area (Å²) in [5.41, 5.74) is 0. The normalized spacial score (nSPS) is 15.2. The third-order valence-corrected chi connectivity index (χ3v) is 4.05. The molecule has 3 heterocycles. The molecule has 0 radical (unpaired) electrons. The average molecular weight is 330 g/mol. The Balaban J connectivity index is 1.47. The van der Waals surface area contributed by atoms with E-state index in [1.807, 2.05) is 0 Å². The van der Waals surface area contributed by atoms with E-state index in [0.29, 0.717) is 5.76 Å². The first-order valence-corrected chi connectivity index (χ1v) is 7.74. The molecule has 8 heteroatoms. The molecule has 0 bridgehead atoms. The third-order valence-electron chi connectivity index (χ3n) is 4.05. The number of rotatable bonds is 5. The number of carboxylic acid groups (broad SMARTS) is 1. The lowest BCUT2D eigenvalue weighted by atomic mass is 9.96. The Morgan fingerprint density at radius 1 is 1.29 bits per heavy atom. The molecule has 0 unspecified atom stereocenters. The molecule has 0 atom stereocenters. The van der Waals surface area contributed by atoms with E-state index in [-0.39, 0.29) is 24.1 Å². The molecule has 1 aliphatic rings. The number of carbonyl (C=O) groups excluding carboxylic acids is 1. The Hall–Kier alpha value is -2.90. The van der Waals surface area contributed by atoms with E-state index >= 15 is 0 Å². The number of hydrogen-bond acceptors (Lipinski definition) is 6. The summed E-state index contributed by atoms with van der Waals surface area (Å²) in [5.74, 6) is -0.0970. The summed E-state index contributed by atoms with van der Waals surface area (Å²) in [6.07, 6.45) is 6.48. The molecule has 0 saturated carbocycles. The van der Waals surface area contributed by atoms with Gasteiger partial charge in [-0.25, -0.2) is 9.78 Å². The Bertz CT molecular complexity index is 708. The molecular weight excluding hydrogens is 312 g/mol. The van der Waals surface area contributed by atoms with Crippen LogP contribution in [0.3, 0.4) is 0 Å². The van der Waals surface area contributed by atoms with Gasteiger partial charge in [0.05, 0.1) is 12.7 Å². The van der Waals surface area contributed by atoms with Crippen LogP contribution in [0.15, 0.2) is 35.1 Å². The second-order valence-corrected chi connectivity index (χ2v) is 5.61. The van der Waals surface area contributed by atoms with Crippen LogP contribution in [-0.2, 0) is 11.3 Å². The zero-order chi connectivity index (χ0) is 16.9. The molecule has 2 aromatic heterocycles. The van der Waals surface area contributed by atoms with E-state index in [4.69, 9.17) is 9.52 Å². The number of carboxylic acids is 1. The molecule has 2 N–H and O–H groups in total. The van der Waals surface area contributed by atoms with Crippen molar-refractivity contribution < 1.29 is 19.1 Å². The Morgan fingerprint density at radius 2 is 2.08 bits per heavy atom. The van der Waals surface area contributed by atoms with Crippen LogP contribution in [0.2, 0.25) is 0 Å². The Labute approximate surface area is 138 Å². The summed E-state index contributed by atoms with van der Waals surface area (Å²) < 4.78 is 5.12. The zero-order valence-electron chi connectivity index (χ0n) is 13.0. The van der Waals surface area contributed by atoms with Crippen LogP contribution in [0.1, 0.15) is 29.2 Å². The number of piperidine rings is 1. The highest BCUT2D eigenvalue weighted by Gasteiger charge is 2.25. The molecule has 0 aliphatic carbocycles. The molecule has 3 rings (SSSR count). The summed E-state index contributed by atoms with van der Waals surface area (Å²) in [5, 5.41) is 11.6. The van der Waals surface area contributed by atoms with Crippen LogP contribution in [0, 0.1) is 5.92 Å². The van der Waals surface area contributed by atoms with Crippen molar-refractivity contribution in [1.29, 1.82) is 0 Å². The number of amides is 1. The van der Waals surface area contributed by atoms with E-state index in [1.165, 1.54) is 6.07 Å². The van der Waals surface area contributed by atoms with Gasteiger partial charge in [-0.2, -0.15) is 0 Å². The smallest absolute Gasteiger partial charge is 0.371 e. The molecule has 1 amide bonds. The average Bonchev–Trinajstić information content (AvgIpc) is 3.10. The van der Waals surface area contributed by atoms with Gasteiger partial charge in [-0.1, -0.05) is 0 Å². The van der Waals surface area contributed by atoms with Gasteiger partial charge in [0.15, 0.2) is 0 Å². The predicted molar refractivity (Wildman–Crippen MR) is 84.5 cm³/mol. The van der Waals surface area contributed by atoms with Crippen molar-refractivity contribution in [2.75, 3.05) is 18.0 Å². The van der Waals surface area contributed by atoms with E-state index in [9.17, 15) is 9.59 Å². The first-order valence-electron chi connectivity index (χ1n) is 7.74. The minimum absolute atomic E-state index is 0.0397. The molecule has 126 valence electrons. The second kappa shape index (κ2) is 7.12. The highest BCUT2D eigenvalue weighted by atomic mass is 16.4. The maximum Gasteiger partial charge on any atom is 0.371 e. The summed E-state index contributed by atoms with van der Waals surface area (Å²) in [4.78, 5) is 33.4. The van der Waals surface area contributed by atoms with Crippen LogP contribution >= 0.6 is 0 Å². The van der Waals surface area contributed by atoms with Crippen molar-refractivity contribution in [3.8, 4) is 0 Å². The standard InChI is InChI=1S/C16H18N4O4/c21-15(19-9-12-1-2-13(24-12)16(22)23)11-3-7-20(8-4-11)14-10-17-5-6-18-14/h1-2,5-6,10-11H,3-4,7-9H2,(H,19,21)(H,22,23). The molecule has 8 nitrogen and oxygen atoms in total. The van der Waals surface area contributed by atoms with Gasteiger partial charge >= 0.3 is 5.97 Å². The second-order valence-electron chi connectivity index (χ2n) is 5.61. The maximum absolute atomic E-state index is 12.2. The van der Waals surface area contributed by atoms with Crippen molar-refractivity contribution >= 4 is 17.7 Å². The number of carbonyl (C=O) groups is 2. The van der Waals surface area contributed by atoms with E-state index in [2.05, 4.69) is 20.2 Å². The lowest BCUT2D eigenvalue weighted by molar-refractivity contribution is -0.125. The monoisotopic (exact) mass is 330 g/mol. The quantitative estimate of drug-likeness (QED) is 0.850. The highest BCUT2D eigenvalue weighted by Crippen LogP contribution is 2.21. The van der Waals surface area contributed by atoms with Crippen LogP contribution in [0.25, 0.3) is 0 Å². The lowest BCUT2D eigenvalue weighted by Gasteiger charge is -2.31. The predicted octanol–water partition coefficient (Wildman–Crippen LogP) is 1.30. The molecule has 0 aromatic carbocycles. The zero-order valence-corrected chi connectivity index (χ0v) is 13.0. The number of aromatic nitrogens is 2. The molecule has 1 saturated heterocycles. The van der Waals surface area contributed by atoms with Gasteiger partial charge in [0.2, 0.25) is 11.7 Å². The summed E-state index contributed by atoms with van der Waals surface area (Å²) in [6, 6.07) is 2.93. The van der Waals surface area contributed by atoms with Crippen molar-refractivity contribution in [1.82, 2.24) is 15.3 Å². The molecular formula is C16H18N4O4.